The largest absolute Gasteiger partial charge is 0.322 e. The molecule has 136 valence electrons. The first-order chi connectivity index (χ1) is 13.6. The van der Waals surface area contributed by atoms with E-state index in [2.05, 4.69) is 16.4 Å². The molecule has 1 N–H and O–H groups in total. The molecule has 0 bridgehead atoms. The van der Waals surface area contributed by atoms with Crippen molar-refractivity contribution >= 4 is 44.9 Å². The molecule has 3 aromatic carbocycles. The molecule has 0 atom stereocenters. The highest BCUT2D eigenvalue weighted by molar-refractivity contribution is 7.99. The summed E-state index contributed by atoms with van der Waals surface area (Å²) < 4.78 is 1.04. The van der Waals surface area contributed by atoms with Crippen LogP contribution in [-0.4, -0.2) is 10.9 Å². The molecule has 4 aromatic rings. The Balaban J connectivity index is 1.61. The normalized spacial score (nSPS) is 10.6. The van der Waals surface area contributed by atoms with E-state index in [1.54, 1.807) is 23.5 Å². The van der Waals surface area contributed by atoms with Crippen molar-refractivity contribution in [1.29, 1.82) is 5.26 Å². The lowest BCUT2D eigenvalue weighted by molar-refractivity contribution is 0.102. The lowest BCUT2D eigenvalue weighted by atomic mass is 10.2. The summed E-state index contributed by atoms with van der Waals surface area (Å²) in [5.74, 6) is -0.182. The number of aryl methyl sites for hydroxylation is 1. The van der Waals surface area contributed by atoms with Crippen LogP contribution in [0.5, 0.6) is 0 Å². The van der Waals surface area contributed by atoms with Crippen LogP contribution in [0.15, 0.2) is 76.5 Å². The first kappa shape index (κ1) is 18.2. The van der Waals surface area contributed by atoms with Crippen LogP contribution in [0.4, 0.5) is 5.69 Å². The molecule has 1 heterocycles. The Bertz CT molecular complexity index is 1220. The average molecular weight is 402 g/mol. The van der Waals surface area contributed by atoms with Gasteiger partial charge in [-0.1, -0.05) is 36.0 Å². The van der Waals surface area contributed by atoms with Crippen molar-refractivity contribution in [2.45, 2.75) is 16.7 Å². The van der Waals surface area contributed by atoms with Crippen molar-refractivity contribution in [2.24, 2.45) is 0 Å². The third-order valence-electron chi connectivity index (χ3n) is 4.11. The molecular formula is C22H15N3OS2. The van der Waals surface area contributed by atoms with Gasteiger partial charge < -0.3 is 5.32 Å². The minimum Gasteiger partial charge on any atom is -0.322 e. The van der Waals surface area contributed by atoms with Gasteiger partial charge in [-0.15, -0.1) is 11.3 Å². The second kappa shape index (κ2) is 7.85. The number of benzene rings is 3. The molecule has 0 radical (unpaired) electrons. The van der Waals surface area contributed by atoms with Crippen molar-refractivity contribution in [3.8, 4) is 6.07 Å². The summed E-state index contributed by atoms with van der Waals surface area (Å²) in [4.78, 5) is 19.0. The van der Waals surface area contributed by atoms with Gasteiger partial charge in [-0.05, 0) is 49.4 Å². The smallest absolute Gasteiger partial charge is 0.256 e. The minimum atomic E-state index is -0.182. The van der Waals surface area contributed by atoms with Crippen molar-refractivity contribution in [1.82, 2.24) is 4.98 Å². The fraction of sp³-hybridized carbons (Fsp3) is 0.0455. The van der Waals surface area contributed by atoms with E-state index < -0.39 is 0 Å². The number of hydrogen-bond donors (Lipinski definition) is 1. The number of nitriles is 1. The Labute approximate surface area is 170 Å². The highest BCUT2D eigenvalue weighted by Gasteiger charge is 2.14. The molecular weight excluding hydrogens is 386 g/mol. The number of carbonyl (C=O) groups excluding carboxylic acids is 1. The number of nitrogens with zero attached hydrogens (tertiary/aromatic N) is 2. The van der Waals surface area contributed by atoms with Gasteiger partial charge in [0.2, 0.25) is 0 Å². The zero-order valence-electron chi connectivity index (χ0n) is 15.0. The van der Waals surface area contributed by atoms with Crippen LogP contribution in [0, 0.1) is 18.3 Å². The van der Waals surface area contributed by atoms with Gasteiger partial charge in [-0.2, -0.15) is 5.26 Å². The summed E-state index contributed by atoms with van der Waals surface area (Å²) in [6.07, 6.45) is 0. The predicted molar refractivity (Wildman–Crippen MR) is 114 cm³/mol. The van der Waals surface area contributed by atoms with Crippen LogP contribution in [0.25, 0.3) is 10.2 Å². The Morgan fingerprint density at radius 2 is 1.82 bits per heavy atom. The zero-order valence-corrected chi connectivity index (χ0v) is 16.6. The standard InChI is InChI=1S/C22H15N3OS2/c1-14-24-18-11-10-16(12-21(18)27-14)25-22(26)17-7-3-5-9-20(17)28-19-8-4-2-6-15(19)13-23/h2-12H,1H3,(H,25,26). The lowest BCUT2D eigenvalue weighted by Crippen LogP contribution is -2.12. The second-order valence-corrected chi connectivity index (χ2v) is 8.39. The second-order valence-electron chi connectivity index (χ2n) is 6.08. The van der Waals surface area contributed by atoms with Crippen LogP contribution in [0.2, 0.25) is 0 Å². The molecule has 0 saturated heterocycles. The van der Waals surface area contributed by atoms with E-state index in [-0.39, 0.29) is 5.91 Å². The molecule has 1 amide bonds. The van der Waals surface area contributed by atoms with E-state index in [0.717, 1.165) is 30.7 Å². The quantitative estimate of drug-likeness (QED) is 0.464. The Hall–Kier alpha value is -3.14. The van der Waals surface area contributed by atoms with E-state index in [4.69, 9.17) is 0 Å². The van der Waals surface area contributed by atoms with Crippen LogP contribution < -0.4 is 5.32 Å². The fourth-order valence-corrected chi connectivity index (χ4v) is 4.72. The van der Waals surface area contributed by atoms with Crippen LogP contribution in [-0.2, 0) is 0 Å². The topological polar surface area (TPSA) is 65.8 Å². The molecule has 0 aliphatic heterocycles. The number of aromatic nitrogens is 1. The monoisotopic (exact) mass is 401 g/mol. The van der Waals surface area contributed by atoms with E-state index in [1.165, 1.54) is 11.8 Å². The van der Waals surface area contributed by atoms with E-state index in [9.17, 15) is 10.1 Å². The van der Waals surface area contributed by atoms with Crippen molar-refractivity contribution < 1.29 is 4.79 Å². The summed E-state index contributed by atoms with van der Waals surface area (Å²) in [6.45, 7) is 1.97. The lowest BCUT2D eigenvalue weighted by Gasteiger charge is -2.10. The highest BCUT2D eigenvalue weighted by atomic mass is 32.2. The van der Waals surface area contributed by atoms with Gasteiger partial charge in [0.05, 0.1) is 26.4 Å². The maximum atomic E-state index is 12.9. The summed E-state index contributed by atoms with van der Waals surface area (Å²) in [6, 6.07) is 22.7. The van der Waals surface area contributed by atoms with Crippen molar-refractivity contribution in [3.63, 3.8) is 0 Å². The molecule has 4 nitrogen and oxygen atoms in total. The van der Waals surface area contributed by atoms with E-state index >= 15 is 0 Å². The van der Waals surface area contributed by atoms with Crippen molar-refractivity contribution in [2.75, 3.05) is 5.32 Å². The maximum absolute atomic E-state index is 12.9. The average Bonchev–Trinajstić information content (AvgIpc) is 3.08. The fourth-order valence-electron chi connectivity index (χ4n) is 2.83. The maximum Gasteiger partial charge on any atom is 0.256 e. The molecule has 0 spiro atoms. The van der Waals surface area contributed by atoms with Gasteiger partial charge in [0.25, 0.3) is 5.91 Å². The SMILES string of the molecule is Cc1nc2ccc(NC(=O)c3ccccc3Sc3ccccc3C#N)cc2s1. The molecule has 1 aromatic heterocycles. The molecule has 28 heavy (non-hydrogen) atoms. The molecule has 0 fully saturated rings. The number of fused-ring (bicyclic) bond motifs is 1. The Morgan fingerprint density at radius 1 is 1.07 bits per heavy atom. The van der Waals surface area contributed by atoms with E-state index in [1.807, 2.05) is 61.5 Å². The first-order valence-corrected chi connectivity index (χ1v) is 10.2. The number of nitrogens with one attached hydrogen (secondary N) is 1. The van der Waals surface area contributed by atoms with Crippen LogP contribution in [0.3, 0.4) is 0 Å². The molecule has 0 aliphatic carbocycles. The molecule has 0 unspecified atom stereocenters. The van der Waals surface area contributed by atoms with E-state index in [0.29, 0.717) is 11.1 Å². The summed E-state index contributed by atoms with van der Waals surface area (Å²) in [5, 5.41) is 13.3. The Morgan fingerprint density at radius 3 is 2.64 bits per heavy atom. The number of thiazole rings is 1. The number of amides is 1. The summed E-state index contributed by atoms with van der Waals surface area (Å²) in [5.41, 5.74) is 2.83. The molecule has 0 saturated carbocycles. The first-order valence-electron chi connectivity index (χ1n) is 8.58. The molecule has 6 heteroatoms. The number of rotatable bonds is 4. The number of carbonyl (C=O) groups is 1. The highest BCUT2D eigenvalue weighted by Crippen LogP contribution is 2.33. The van der Waals surface area contributed by atoms with Crippen LogP contribution in [0.1, 0.15) is 20.9 Å². The van der Waals surface area contributed by atoms with Gasteiger partial charge in [0.15, 0.2) is 0 Å². The molecule has 0 aliphatic rings. The minimum absolute atomic E-state index is 0.182. The number of anilines is 1. The number of hydrogen-bond acceptors (Lipinski definition) is 5. The van der Waals surface area contributed by atoms with Gasteiger partial charge >= 0.3 is 0 Å². The Kier molecular flexibility index (Phi) is 5.11. The predicted octanol–water partition coefficient (Wildman–Crippen LogP) is 5.88. The van der Waals surface area contributed by atoms with Crippen molar-refractivity contribution in [3.05, 3.63) is 82.9 Å². The third kappa shape index (κ3) is 3.77. The zero-order chi connectivity index (χ0) is 19.5. The molecule has 4 rings (SSSR count). The van der Waals surface area contributed by atoms with Crippen LogP contribution >= 0.6 is 23.1 Å². The van der Waals surface area contributed by atoms with Gasteiger partial charge in [-0.25, -0.2) is 4.98 Å². The van der Waals surface area contributed by atoms with Gasteiger partial charge in [-0.3, -0.25) is 4.79 Å². The van der Waals surface area contributed by atoms with Gasteiger partial charge in [0, 0.05) is 15.5 Å². The third-order valence-corrected chi connectivity index (χ3v) is 6.20. The van der Waals surface area contributed by atoms with Gasteiger partial charge in [0.1, 0.15) is 6.07 Å². The summed E-state index contributed by atoms with van der Waals surface area (Å²) in [7, 11) is 0. The summed E-state index contributed by atoms with van der Waals surface area (Å²) >= 11 is 3.02.